The van der Waals surface area contributed by atoms with Gasteiger partial charge in [0.1, 0.15) is 0 Å². The predicted molar refractivity (Wildman–Crippen MR) is 237 cm³/mol. The number of nitrogens with one attached hydrogen (secondary N) is 1. The van der Waals surface area contributed by atoms with Gasteiger partial charge in [0.25, 0.3) is 0 Å². The van der Waals surface area contributed by atoms with Crippen LogP contribution in [0.4, 0.5) is 47.6 Å². The zero-order valence-corrected chi connectivity index (χ0v) is 40.9. The molecule has 0 bridgehead atoms. The number of halogens is 10. The predicted octanol–water partition coefficient (Wildman–Crippen LogP) is 8.89. The average Bonchev–Trinajstić information content (AvgIpc) is 4.06. The van der Waals surface area contributed by atoms with Crippen LogP contribution in [0.5, 0.6) is 0 Å². The van der Waals surface area contributed by atoms with E-state index in [1.807, 2.05) is 23.6 Å². The quantitative estimate of drug-likeness (QED) is 0.167. The van der Waals surface area contributed by atoms with Gasteiger partial charge in [-0.25, -0.2) is 13.8 Å². The molecule has 0 aromatic heterocycles. The van der Waals surface area contributed by atoms with Crippen LogP contribution < -0.4 is 5.32 Å². The third kappa shape index (κ3) is 15.2. The maximum atomic E-state index is 12.9. The van der Waals surface area contributed by atoms with Crippen molar-refractivity contribution >= 4 is 44.0 Å². The number of ether oxygens (including phenoxy) is 2. The molecule has 0 aromatic rings. The van der Waals surface area contributed by atoms with Crippen molar-refractivity contribution in [3.05, 3.63) is 0 Å². The van der Waals surface area contributed by atoms with E-state index in [0.29, 0.717) is 37.1 Å². The van der Waals surface area contributed by atoms with Gasteiger partial charge >= 0.3 is 43.9 Å². The van der Waals surface area contributed by atoms with Crippen molar-refractivity contribution in [3.8, 4) is 0 Å². The number of carbonyl (C=O) groups is 2. The zero-order chi connectivity index (χ0) is 48.1. The molecule has 6 aliphatic heterocycles. The van der Waals surface area contributed by atoms with Crippen molar-refractivity contribution in [2.75, 3.05) is 91.8 Å². The molecule has 0 radical (unpaired) electrons. The zero-order valence-electron chi connectivity index (χ0n) is 38.5. The van der Waals surface area contributed by atoms with Gasteiger partial charge in [-0.2, -0.15) is 34.8 Å². The number of hydrogen-bond acceptors (Lipinski definition) is 11. The van der Waals surface area contributed by atoms with E-state index >= 15 is 0 Å². The number of rotatable bonds is 10. The van der Waals surface area contributed by atoms with Gasteiger partial charge in [-0.15, -0.1) is 24.1 Å². The monoisotopic (exact) mass is 1040 g/mol. The first kappa shape index (κ1) is 56.2. The molecule has 67 heavy (non-hydrogen) atoms. The summed E-state index contributed by atoms with van der Waals surface area (Å²) in [6, 6.07) is 2.25. The van der Waals surface area contributed by atoms with Gasteiger partial charge < -0.3 is 34.4 Å². The fourth-order valence-electron chi connectivity index (χ4n) is 12.2. The highest BCUT2D eigenvalue weighted by Crippen LogP contribution is 2.60. The number of amides is 2. The summed E-state index contributed by atoms with van der Waals surface area (Å²) in [5.41, 5.74) is 0.671. The van der Waals surface area contributed by atoms with E-state index in [2.05, 4.69) is 19.3 Å². The van der Waals surface area contributed by atoms with Gasteiger partial charge in [-0.3, -0.25) is 4.90 Å². The largest absolute Gasteiger partial charge is 0.450 e. The number of hydrogen-bond donors (Lipinski definition) is 1. The minimum atomic E-state index is -6.67. The summed E-state index contributed by atoms with van der Waals surface area (Å²) in [5.74, 6) is 1.31. The third-order valence-electron chi connectivity index (χ3n) is 15.4. The number of carbonyl (C=O) groups excluding carboxylic acids is 2. The van der Waals surface area contributed by atoms with Crippen molar-refractivity contribution in [2.24, 2.45) is 22.7 Å². The lowest BCUT2D eigenvalue weighted by atomic mass is 9.64. The first-order chi connectivity index (χ1) is 30.9. The summed E-state index contributed by atoms with van der Waals surface area (Å²) in [5, 5.41) is 3.70. The van der Waals surface area contributed by atoms with Gasteiger partial charge in [0.05, 0.1) is 19.8 Å². The second-order valence-electron chi connectivity index (χ2n) is 19.8. The van der Waals surface area contributed by atoms with Crippen LogP contribution in [0, 0.1) is 22.7 Å². The van der Waals surface area contributed by atoms with E-state index < -0.39 is 44.9 Å². The summed E-state index contributed by atoms with van der Waals surface area (Å²) >= 11 is 0. The molecule has 392 valence electrons. The Bertz CT molecular complexity index is 1700. The van der Waals surface area contributed by atoms with E-state index in [4.69, 9.17) is 9.47 Å². The minimum absolute atomic E-state index is 0. The Kier molecular flexibility index (Phi) is 19.5. The molecule has 2 aliphatic carbocycles. The number of alkyl halides is 6. The third-order valence-corrected chi connectivity index (χ3v) is 17.9. The first-order valence-electron chi connectivity index (χ1n) is 23.7. The highest BCUT2D eigenvalue weighted by Gasteiger charge is 2.53. The Morgan fingerprint density at radius 1 is 0.657 bits per heavy atom. The molecule has 6 saturated heterocycles. The van der Waals surface area contributed by atoms with Crippen LogP contribution in [0.2, 0.25) is 0 Å². The fraction of sp³-hybridized carbons (Fsp3) is 0.952. The van der Waals surface area contributed by atoms with Crippen LogP contribution in [0.15, 0.2) is 0 Å². The van der Waals surface area contributed by atoms with E-state index in [-0.39, 0.29) is 36.1 Å². The normalized spacial score (nSPS) is 31.6. The molecule has 8 aliphatic rings. The molecule has 25 heteroatoms. The molecule has 6 heterocycles. The summed E-state index contributed by atoms with van der Waals surface area (Å²) < 4.78 is 139. The van der Waals surface area contributed by atoms with Crippen LogP contribution in [-0.4, -0.2) is 173 Å². The molecule has 2 spiro atoms. The fourth-order valence-corrected chi connectivity index (χ4v) is 13.0. The van der Waals surface area contributed by atoms with Crippen LogP contribution in [0.3, 0.4) is 0 Å². The van der Waals surface area contributed by atoms with Crippen molar-refractivity contribution in [3.63, 3.8) is 0 Å². The lowest BCUT2D eigenvalue weighted by molar-refractivity contribution is -0.152. The van der Waals surface area contributed by atoms with Crippen LogP contribution >= 0.6 is 22.6 Å². The van der Waals surface area contributed by atoms with Crippen LogP contribution in [-0.2, 0) is 22.8 Å². The lowest BCUT2D eigenvalue weighted by Gasteiger charge is -2.52. The standard InChI is InChI=1S/C21H34F3N3O2.C19H33N3O2.C2H2F6O3S2.ClH/c1-2-29-19(28)27-11-7-20(14-27)12-17(13-20)25-9-5-16(6-10-25)18-4-3-8-26(18)15-21(22,23)24;1-2-24-18(23)22-11-7-19(14-22)12-16(13-19)21-9-5-15(6-10-21)17-4-3-8-20-17;3-2(4,5)1-11-13(9,10)12(6,7)8;/h16-18H,2-15H2,1H3;15-17,20H,2-14H2,1H3;1H2;1H/t17?,18-,20?;16?,17-,19?;;/m00../s1. The van der Waals surface area contributed by atoms with Gasteiger partial charge in [-0.1, -0.05) is 0 Å². The smallest absolute Gasteiger partial charge is 0.413 e. The SMILES string of the molecule is CCOC(=O)N1CCC2(CC(N3CCC([C@@H]4CCCN4)CC3)C2)C1.CCOC(=O)N1CCC2(CC(N3CCC([C@@H]4CCCN4CC(F)(F)F)CC3)C2)C1.Cl.O=S(=O)(OCC(F)(F)F)S(F)(F)F. The summed E-state index contributed by atoms with van der Waals surface area (Å²) in [7, 11) is -12.7. The number of likely N-dealkylation sites (tertiary alicyclic amines) is 5. The average molecular weight is 1040 g/mol. The first-order valence-corrected chi connectivity index (χ1v) is 26.9. The van der Waals surface area contributed by atoms with Crippen molar-refractivity contribution in [1.82, 2.24) is 29.8 Å². The molecule has 2 saturated carbocycles. The molecule has 13 nitrogen and oxygen atoms in total. The van der Waals surface area contributed by atoms with Crippen molar-refractivity contribution < 1.29 is 69.7 Å². The molecule has 1 N–H and O–H groups in total. The summed E-state index contributed by atoms with van der Waals surface area (Å²) in [6.45, 7) is 11.2. The second kappa shape index (κ2) is 23.2. The number of piperidine rings is 2. The Morgan fingerprint density at radius 2 is 1.13 bits per heavy atom. The Labute approximate surface area is 397 Å². The number of nitrogens with zero attached hydrogens (tertiary/aromatic N) is 5. The Hall–Kier alpha value is -1.70. The van der Waals surface area contributed by atoms with E-state index in [9.17, 15) is 56.0 Å². The maximum Gasteiger partial charge on any atom is 0.413 e. The molecule has 0 unspecified atom stereocenters. The van der Waals surface area contributed by atoms with Gasteiger partial charge in [-0.05, 0) is 166 Å². The molecule has 8 fully saturated rings. The van der Waals surface area contributed by atoms with Crippen molar-refractivity contribution in [2.45, 2.75) is 140 Å². The molecular weight excluding hydrogens is 971 g/mol. The topological polar surface area (TPSA) is 124 Å². The Morgan fingerprint density at radius 3 is 1.54 bits per heavy atom. The van der Waals surface area contributed by atoms with Crippen LogP contribution in [0.25, 0.3) is 0 Å². The summed E-state index contributed by atoms with van der Waals surface area (Å²) in [4.78, 5) is 34.6. The molecule has 0 aromatic carbocycles. The molecular formula is C42H70ClF9N6O7S2. The molecule has 2 atom stereocenters. The van der Waals surface area contributed by atoms with Gasteiger partial charge in [0.15, 0.2) is 6.61 Å². The minimum Gasteiger partial charge on any atom is -0.450 e. The van der Waals surface area contributed by atoms with Gasteiger partial charge in [0, 0.05) is 50.3 Å². The van der Waals surface area contributed by atoms with E-state index in [1.165, 1.54) is 64.6 Å². The molecule has 2 amide bonds. The highest BCUT2D eigenvalue weighted by molar-refractivity contribution is 8.82. The van der Waals surface area contributed by atoms with E-state index in [1.54, 1.807) is 4.90 Å². The summed E-state index contributed by atoms with van der Waals surface area (Å²) in [6.07, 6.45) is 6.91. The van der Waals surface area contributed by atoms with E-state index in [0.717, 1.165) is 102 Å². The second-order valence-corrected chi connectivity index (χ2v) is 23.9. The maximum absolute atomic E-state index is 12.9. The Balaban J connectivity index is 0.000000200. The lowest BCUT2D eigenvalue weighted by Crippen LogP contribution is -2.55. The van der Waals surface area contributed by atoms with Crippen LogP contribution in [0.1, 0.15) is 104 Å². The molecule has 8 rings (SSSR count). The highest BCUT2D eigenvalue weighted by atomic mass is 35.5. The van der Waals surface area contributed by atoms with Crippen molar-refractivity contribution in [1.29, 1.82) is 0 Å². The van der Waals surface area contributed by atoms with Gasteiger partial charge in [0.2, 0.25) is 0 Å².